The molecule has 0 aromatic carbocycles. The van der Waals surface area contributed by atoms with E-state index in [-0.39, 0.29) is 12.5 Å². The van der Waals surface area contributed by atoms with Gasteiger partial charge in [-0.3, -0.25) is 19.2 Å². The molecule has 11 heteroatoms. The van der Waals surface area contributed by atoms with Crippen molar-refractivity contribution in [3.05, 3.63) is 0 Å². The van der Waals surface area contributed by atoms with Crippen molar-refractivity contribution < 1.29 is 34.2 Å². The summed E-state index contributed by atoms with van der Waals surface area (Å²) in [5.41, 5.74) is 2.60. The first-order chi connectivity index (χ1) is 14.3. The molecule has 3 atom stereocenters. The van der Waals surface area contributed by atoms with Crippen molar-refractivity contribution in [3.63, 3.8) is 0 Å². The van der Waals surface area contributed by atoms with Crippen LogP contribution in [0.2, 0.25) is 0 Å². The first-order valence-electron chi connectivity index (χ1n) is 10.4. The summed E-state index contributed by atoms with van der Waals surface area (Å²) in [5.74, 6) is -3.10. The lowest BCUT2D eigenvalue weighted by Crippen LogP contribution is -2.57. The van der Waals surface area contributed by atoms with E-state index < -0.39 is 42.5 Å². The Labute approximate surface area is 175 Å². The highest BCUT2D eigenvalue weighted by atomic mass is 16.7. The summed E-state index contributed by atoms with van der Waals surface area (Å²) in [5, 5.41) is 23.5. The molecule has 2 rings (SSSR count). The number of amides is 2. The second kappa shape index (κ2) is 11.8. The molecule has 2 aliphatic rings. The molecule has 2 heterocycles. The monoisotopic (exact) mass is 428 g/mol. The van der Waals surface area contributed by atoms with E-state index >= 15 is 0 Å². The Morgan fingerprint density at radius 1 is 1.17 bits per heavy atom. The largest absolute Gasteiger partial charge is 0.480 e. The standard InChI is InChI=1S/C19H32N4O7/c1-12(19(28)29)21-18(27)14-10-23(9-6-15(14)22-30-11-17(25)26)16(24)3-2-13-4-7-20-8-5-13/h12-15,20,22H,2-11H2,1H3,(H,21,27)(H,25,26)(H,28,29)/t12-,14+,15?/m0/s1. The van der Waals surface area contributed by atoms with Gasteiger partial charge in [0, 0.05) is 25.6 Å². The van der Waals surface area contributed by atoms with Gasteiger partial charge in [-0.1, -0.05) is 0 Å². The Balaban J connectivity index is 1.94. The quantitative estimate of drug-likeness (QED) is 0.280. The molecule has 0 bridgehead atoms. The molecule has 0 spiro atoms. The highest BCUT2D eigenvalue weighted by Crippen LogP contribution is 2.22. The van der Waals surface area contributed by atoms with Crippen molar-refractivity contribution >= 4 is 23.8 Å². The number of aliphatic carboxylic acids is 2. The molecule has 2 aliphatic heterocycles. The van der Waals surface area contributed by atoms with Gasteiger partial charge in [0.15, 0.2) is 6.61 Å². The van der Waals surface area contributed by atoms with Crippen LogP contribution in [-0.4, -0.2) is 83.7 Å². The normalized spacial score (nSPS) is 23.6. The van der Waals surface area contributed by atoms with Crippen LogP contribution in [0.5, 0.6) is 0 Å². The van der Waals surface area contributed by atoms with Crippen molar-refractivity contribution in [1.82, 2.24) is 21.0 Å². The van der Waals surface area contributed by atoms with Crippen LogP contribution in [-0.2, 0) is 24.0 Å². The fraction of sp³-hybridized carbons (Fsp3) is 0.789. The number of carbonyl (C=O) groups is 4. The van der Waals surface area contributed by atoms with Crippen molar-refractivity contribution in [3.8, 4) is 0 Å². The Kier molecular flexibility index (Phi) is 9.47. The Bertz CT molecular complexity index is 624. The van der Waals surface area contributed by atoms with Crippen LogP contribution in [0.1, 0.15) is 39.0 Å². The summed E-state index contributed by atoms with van der Waals surface area (Å²) >= 11 is 0. The van der Waals surface area contributed by atoms with Crippen molar-refractivity contribution in [2.45, 2.75) is 51.1 Å². The predicted molar refractivity (Wildman–Crippen MR) is 105 cm³/mol. The summed E-state index contributed by atoms with van der Waals surface area (Å²) in [7, 11) is 0. The molecule has 0 saturated carbocycles. The van der Waals surface area contributed by atoms with Gasteiger partial charge in [-0.25, -0.2) is 4.79 Å². The van der Waals surface area contributed by atoms with Crippen LogP contribution in [0.25, 0.3) is 0 Å². The highest BCUT2D eigenvalue weighted by Gasteiger charge is 2.37. The number of rotatable bonds is 10. The molecule has 0 aromatic rings. The molecule has 0 radical (unpaired) electrons. The number of nitrogens with one attached hydrogen (secondary N) is 3. The Morgan fingerprint density at radius 2 is 1.87 bits per heavy atom. The average molecular weight is 428 g/mol. The minimum atomic E-state index is -1.17. The smallest absolute Gasteiger partial charge is 0.331 e. The molecule has 0 aromatic heterocycles. The Hall–Kier alpha value is -2.24. The molecule has 2 fully saturated rings. The third-order valence-electron chi connectivity index (χ3n) is 5.69. The molecule has 170 valence electrons. The van der Waals surface area contributed by atoms with E-state index in [1.807, 2.05) is 0 Å². The predicted octanol–water partition coefficient (Wildman–Crippen LogP) is -0.822. The van der Waals surface area contributed by atoms with Crippen molar-refractivity contribution in [2.24, 2.45) is 11.8 Å². The number of carboxylic acids is 2. The summed E-state index contributed by atoms with van der Waals surface area (Å²) < 4.78 is 0. The maximum Gasteiger partial charge on any atom is 0.331 e. The number of hydrogen-bond acceptors (Lipinski definition) is 7. The molecular weight excluding hydrogens is 396 g/mol. The van der Waals surface area contributed by atoms with Gasteiger partial charge in [-0.2, -0.15) is 5.48 Å². The van der Waals surface area contributed by atoms with Gasteiger partial charge >= 0.3 is 11.9 Å². The number of nitrogens with zero attached hydrogens (tertiary/aromatic N) is 1. The lowest BCUT2D eigenvalue weighted by atomic mass is 9.90. The first-order valence-corrected chi connectivity index (χ1v) is 10.4. The van der Waals surface area contributed by atoms with Gasteiger partial charge in [-0.05, 0) is 51.6 Å². The maximum absolute atomic E-state index is 12.7. The van der Waals surface area contributed by atoms with Crippen LogP contribution in [0.15, 0.2) is 0 Å². The van der Waals surface area contributed by atoms with Crippen LogP contribution in [0, 0.1) is 11.8 Å². The second-order valence-corrected chi connectivity index (χ2v) is 7.94. The third kappa shape index (κ3) is 7.54. The fourth-order valence-corrected chi connectivity index (χ4v) is 3.83. The molecule has 0 aliphatic carbocycles. The minimum Gasteiger partial charge on any atom is -0.480 e. The molecule has 5 N–H and O–H groups in total. The fourth-order valence-electron chi connectivity index (χ4n) is 3.83. The first kappa shape index (κ1) is 24.0. The van der Waals surface area contributed by atoms with Gasteiger partial charge < -0.3 is 25.7 Å². The topological polar surface area (TPSA) is 157 Å². The molecule has 2 amide bonds. The van der Waals surface area contributed by atoms with Crippen LogP contribution >= 0.6 is 0 Å². The number of carboxylic acid groups (broad SMARTS) is 2. The van der Waals surface area contributed by atoms with E-state index in [2.05, 4.69) is 16.1 Å². The zero-order chi connectivity index (χ0) is 22.1. The number of hydrogen-bond donors (Lipinski definition) is 5. The number of carbonyl (C=O) groups excluding carboxylic acids is 2. The second-order valence-electron chi connectivity index (χ2n) is 7.94. The van der Waals surface area contributed by atoms with Crippen LogP contribution in [0.3, 0.4) is 0 Å². The van der Waals surface area contributed by atoms with Gasteiger partial charge in [0.25, 0.3) is 0 Å². The Morgan fingerprint density at radius 3 is 2.50 bits per heavy atom. The van der Waals surface area contributed by atoms with Gasteiger partial charge in [-0.15, -0.1) is 0 Å². The lowest BCUT2D eigenvalue weighted by molar-refractivity contribution is -0.149. The average Bonchev–Trinajstić information content (AvgIpc) is 2.72. The van der Waals surface area contributed by atoms with E-state index in [1.165, 1.54) is 6.92 Å². The summed E-state index contributed by atoms with van der Waals surface area (Å²) in [4.78, 5) is 53.7. The van der Waals surface area contributed by atoms with E-state index in [0.717, 1.165) is 32.4 Å². The third-order valence-corrected chi connectivity index (χ3v) is 5.69. The van der Waals surface area contributed by atoms with Gasteiger partial charge in [0.05, 0.1) is 5.92 Å². The minimum absolute atomic E-state index is 0.0254. The molecule has 1 unspecified atom stereocenters. The lowest BCUT2D eigenvalue weighted by Gasteiger charge is -2.38. The number of hydroxylamine groups is 1. The van der Waals surface area contributed by atoms with E-state index in [1.54, 1.807) is 4.90 Å². The zero-order valence-corrected chi connectivity index (χ0v) is 17.3. The van der Waals surface area contributed by atoms with Crippen molar-refractivity contribution in [2.75, 3.05) is 32.8 Å². The molecule has 2 saturated heterocycles. The number of likely N-dealkylation sites (tertiary alicyclic amines) is 1. The SMILES string of the molecule is C[C@H](NC(=O)[C@@H]1CN(C(=O)CCC2CCNCC2)CCC1NOCC(=O)O)C(=O)O. The van der Waals surface area contributed by atoms with Crippen molar-refractivity contribution in [1.29, 1.82) is 0 Å². The maximum atomic E-state index is 12.7. The van der Waals surface area contributed by atoms with Gasteiger partial charge in [0.2, 0.25) is 11.8 Å². The van der Waals surface area contributed by atoms with Gasteiger partial charge in [0.1, 0.15) is 6.04 Å². The molecule has 11 nitrogen and oxygen atoms in total. The zero-order valence-electron chi connectivity index (χ0n) is 17.3. The summed E-state index contributed by atoms with van der Waals surface area (Å²) in [6.45, 7) is 3.25. The number of piperidine rings is 2. The molecule has 30 heavy (non-hydrogen) atoms. The van der Waals surface area contributed by atoms with E-state index in [4.69, 9.17) is 15.1 Å². The summed E-state index contributed by atoms with van der Waals surface area (Å²) in [6.07, 6.45) is 3.72. The van der Waals surface area contributed by atoms with E-state index in [0.29, 0.717) is 25.3 Å². The highest BCUT2D eigenvalue weighted by molar-refractivity contribution is 5.86. The van der Waals surface area contributed by atoms with Crippen LogP contribution < -0.4 is 16.1 Å². The summed E-state index contributed by atoms with van der Waals surface area (Å²) in [6, 6.07) is -1.61. The van der Waals surface area contributed by atoms with E-state index in [9.17, 15) is 19.2 Å². The van der Waals surface area contributed by atoms with Crippen LogP contribution in [0.4, 0.5) is 0 Å². The molecular formula is C19H32N4O7.